The van der Waals surface area contributed by atoms with Gasteiger partial charge in [-0.15, -0.1) is 0 Å². The summed E-state index contributed by atoms with van der Waals surface area (Å²) in [4.78, 5) is 32.4. The molecule has 7 nitrogen and oxygen atoms in total. The van der Waals surface area contributed by atoms with E-state index in [9.17, 15) is 14.0 Å². The van der Waals surface area contributed by atoms with E-state index in [1.54, 1.807) is 41.6 Å². The van der Waals surface area contributed by atoms with Crippen molar-refractivity contribution in [1.82, 2.24) is 25.0 Å². The summed E-state index contributed by atoms with van der Waals surface area (Å²) in [5.74, 6) is -0.361. The number of aromatic amines is 2. The molecule has 2 saturated heterocycles. The summed E-state index contributed by atoms with van der Waals surface area (Å²) < 4.78 is 14.0. The van der Waals surface area contributed by atoms with Crippen molar-refractivity contribution in [3.63, 3.8) is 0 Å². The summed E-state index contributed by atoms with van der Waals surface area (Å²) in [5, 5.41) is 6.57. The molecular formula is C21H20FN5O2. The molecule has 3 aromatic rings. The molecule has 5 rings (SSSR count). The molecule has 148 valence electrons. The normalized spacial score (nSPS) is 23.4. The van der Waals surface area contributed by atoms with Gasteiger partial charge in [0, 0.05) is 43.9 Å². The molecule has 3 atom stereocenters. The average molecular weight is 393 g/mol. The molecular weight excluding hydrogens is 373 g/mol. The highest BCUT2D eigenvalue weighted by Gasteiger charge is 2.50. The maximum atomic E-state index is 14.0. The van der Waals surface area contributed by atoms with Gasteiger partial charge in [-0.05, 0) is 35.9 Å². The molecule has 0 unspecified atom stereocenters. The lowest BCUT2D eigenvalue weighted by Gasteiger charge is -2.29. The maximum absolute atomic E-state index is 14.0. The van der Waals surface area contributed by atoms with E-state index in [0.29, 0.717) is 31.0 Å². The molecule has 29 heavy (non-hydrogen) atoms. The van der Waals surface area contributed by atoms with Gasteiger partial charge in [0.15, 0.2) is 0 Å². The maximum Gasteiger partial charge on any atom is 0.271 e. The average Bonchev–Trinajstić information content (AvgIpc) is 3.51. The number of aromatic nitrogens is 3. The standard InChI is InChI=1S/C21H20FN5O2/c22-15-4-1-3-13(9-15)19-16-12-26(20(28)18-6-8-24-25-18)10-14(16)11-27(19)21(29)17-5-2-7-23-17/h1-9,14,16,19,23H,10-12H2,(H,24,25)/t14-,16-,19-/m0/s1. The van der Waals surface area contributed by atoms with Crippen LogP contribution >= 0.6 is 0 Å². The Bertz CT molecular complexity index is 1030. The monoisotopic (exact) mass is 393 g/mol. The van der Waals surface area contributed by atoms with E-state index in [4.69, 9.17) is 0 Å². The highest BCUT2D eigenvalue weighted by Crippen LogP contribution is 2.45. The van der Waals surface area contributed by atoms with Gasteiger partial charge in [0.25, 0.3) is 11.8 Å². The fourth-order valence-corrected chi connectivity index (χ4v) is 4.70. The van der Waals surface area contributed by atoms with Gasteiger partial charge in [-0.3, -0.25) is 14.7 Å². The molecule has 2 aromatic heterocycles. The lowest BCUT2D eigenvalue weighted by Crippen LogP contribution is -2.37. The number of fused-ring (bicyclic) bond motifs is 1. The van der Waals surface area contributed by atoms with Gasteiger partial charge in [0.1, 0.15) is 17.2 Å². The lowest BCUT2D eigenvalue weighted by atomic mass is 9.89. The van der Waals surface area contributed by atoms with Crippen molar-refractivity contribution >= 4 is 11.8 Å². The molecule has 2 fully saturated rings. The third kappa shape index (κ3) is 3.00. The van der Waals surface area contributed by atoms with Crippen LogP contribution in [-0.2, 0) is 0 Å². The zero-order valence-corrected chi connectivity index (χ0v) is 15.6. The number of carbonyl (C=O) groups excluding carboxylic acids is 2. The van der Waals surface area contributed by atoms with Gasteiger partial charge in [0.05, 0.1) is 6.04 Å². The van der Waals surface area contributed by atoms with Crippen LogP contribution < -0.4 is 0 Å². The lowest BCUT2D eigenvalue weighted by molar-refractivity contribution is 0.0671. The zero-order valence-electron chi connectivity index (χ0n) is 15.6. The van der Waals surface area contributed by atoms with Crippen molar-refractivity contribution in [2.45, 2.75) is 6.04 Å². The highest BCUT2D eigenvalue weighted by molar-refractivity contribution is 5.94. The predicted molar refractivity (Wildman–Crippen MR) is 102 cm³/mol. The minimum Gasteiger partial charge on any atom is -0.357 e. The van der Waals surface area contributed by atoms with Crippen LogP contribution in [0.1, 0.15) is 32.6 Å². The first-order chi connectivity index (χ1) is 14.1. The molecule has 1 aromatic carbocycles. The second-order valence-electron chi connectivity index (χ2n) is 7.65. The zero-order chi connectivity index (χ0) is 20.0. The SMILES string of the molecule is O=C(c1ccn[nH]1)N1C[C@H]2CN(C(=O)c3ccc[nH]3)[C@@H](c3cccc(F)c3)[C@H]2C1. The van der Waals surface area contributed by atoms with Gasteiger partial charge >= 0.3 is 0 Å². The highest BCUT2D eigenvalue weighted by atomic mass is 19.1. The molecule has 0 aliphatic carbocycles. The van der Waals surface area contributed by atoms with E-state index in [-0.39, 0.29) is 35.5 Å². The Labute approximate surface area is 166 Å². The summed E-state index contributed by atoms with van der Waals surface area (Å²) in [6.45, 7) is 1.59. The minimum atomic E-state index is -0.332. The van der Waals surface area contributed by atoms with Crippen LogP contribution in [0.5, 0.6) is 0 Å². The number of nitrogens with one attached hydrogen (secondary N) is 2. The minimum absolute atomic E-state index is 0.0441. The van der Waals surface area contributed by atoms with E-state index in [1.807, 2.05) is 11.0 Å². The molecule has 0 spiro atoms. The summed E-state index contributed by atoms with van der Waals surface area (Å²) in [7, 11) is 0. The molecule has 0 saturated carbocycles. The topological polar surface area (TPSA) is 85.1 Å². The Balaban J connectivity index is 1.46. The molecule has 2 amide bonds. The van der Waals surface area contributed by atoms with E-state index in [2.05, 4.69) is 15.2 Å². The van der Waals surface area contributed by atoms with Crippen molar-refractivity contribution in [3.8, 4) is 0 Å². The number of nitrogens with zero attached hydrogens (tertiary/aromatic N) is 3. The number of hydrogen-bond donors (Lipinski definition) is 2. The summed E-state index contributed by atoms with van der Waals surface area (Å²) in [5.41, 5.74) is 1.72. The number of carbonyl (C=O) groups is 2. The molecule has 2 aliphatic rings. The Morgan fingerprint density at radius 1 is 1.03 bits per heavy atom. The fourth-order valence-electron chi connectivity index (χ4n) is 4.70. The van der Waals surface area contributed by atoms with Gasteiger partial charge < -0.3 is 14.8 Å². The number of rotatable bonds is 3. The fraction of sp³-hybridized carbons (Fsp3) is 0.286. The van der Waals surface area contributed by atoms with Crippen molar-refractivity contribution in [3.05, 3.63) is 77.6 Å². The van der Waals surface area contributed by atoms with E-state index >= 15 is 0 Å². The van der Waals surface area contributed by atoms with Crippen LogP contribution in [-0.4, -0.2) is 56.4 Å². The quantitative estimate of drug-likeness (QED) is 0.717. The summed E-state index contributed by atoms with van der Waals surface area (Å²) in [6.07, 6.45) is 3.27. The number of benzene rings is 1. The van der Waals surface area contributed by atoms with Crippen LogP contribution in [0.15, 0.2) is 54.9 Å². The number of likely N-dealkylation sites (tertiary alicyclic amines) is 2. The Hall–Kier alpha value is -3.42. The second kappa shape index (κ2) is 6.88. The Morgan fingerprint density at radius 3 is 2.66 bits per heavy atom. The molecule has 2 N–H and O–H groups in total. The van der Waals surface area contributed by atoms with Gasteiger partial charge in [-0.1, -0.05) is 12.1 Å². The van der Waals surface area contributed by atoms with Crippen molar-refractivity contribution < 1.29 is 14.0 Å². The number of H-pyrrole nitrogens is 2. The van der Waals surface area contributed by atoms with Crippen molar-refractivity contribution in [2.24, 2.45) is 11.8 Å². The molecule has 0 bridgehead atoms. The Kier molecular flexibility index (Phi) is 4.19. The van der Waals surface area contributed by atoms with Crippen LogP contribution in [0.25, 0.3) is 0 Å². The Morgan fingerprint density at radius 2 is 1.93 bits per heavy atom. The van der Waals surface area contributed by atoms with Crippen LogP contribution in [0.3, 0.4) is 0 Å². The first-order valence-electron chi connectivity index (χ1n) is 9.60. The largest absolute Gasteiger partial charge is 0.357 e. The number of hydrogen-bond acceptors (Lipinski definition) is 3. The van der Waals surface area contributed by atoms with Crippen LogP contribution in [0.2, 0.25) is 0 Å². The van der Waals surface area contributed by atoms with E-state index in [0.717, 1.165) is 5.56 Å². The molecule has 0 radical (unpaired) electrons. The van der Waals surface area contributed by atoms with Crippen LogP contribution in [0.4, 0.5) is 4.39 Å². The van der Waals surface area contributed by atoms with Gasteiger partial charge in [-0.25, -0.2) is 4.39 Å². The molecule has 4 heterocycles. The second-order valence-corrected chi connectivity index (χ2v) is 7.65. The number of halogens is 1. The number of amides is 2. The molecule has 8 heteroatoms. The third-order valence-electron chi connectivity index (χ3n) is 5.96. The van der Waals surface area contributed by atoms with Crippen LogP contribution in [0, 0.1) is 17.7 Å². The smallest absolute Gasteiger partial charge is 0.271 e. The van der Waals surface area contributed by atoms with Crippen molar-refractivity contribution in [2.75, 3.05) is 19.6 Å². The predicted octanol–water partition coefficient (Wildman–Crippen LogP) is 2.46. The first kappa shape index (κ1) is 17.7. The first-order valence-corrected chi connectivity index (χ1v) is 9.60. The van der Waals surface area contributed by atoms with E-state index in [1.165, 1.54) is 12.1 Å². The van der Waals surface area contributed by atoms with Gasteiger partial charge in [-0.2, -0.15) is 5.10 Å². The molecule has 2 aliphatic heterocycles. The van der Waals surface area contributed by atoms with Crippen molar-refractivity contribution in [1.29, 1.82) is 0 Å². The third-order valence-corrected chi connectivity index (χ3v) is 5.96. The van der Waals surface area contributed by atoms with E-state index < -0.39 is 0 Å². The summed E-state index contributed by atoms with van der Waals surface area (Å²) in [6, 6.07) is 11.3. The summed E-state index contributed by atoms with van der Waals surface area (Å²) >= 11 is 0. The van der Waals surface area contributed by atoms with Gasteiger partial charge in [0.2, 0.25) is 0 Å².